The normalized spacial score (nSPS) is 24.5. The second kappa shape index (κ2) is 8.43. The third kappa shape index (κ3) is 5.47. The second-order valence-corrected chi connectivity index (χ2v) is 5.38. The van der Waals surface area contributed by atoms with Crippen molar-refractivity contribution in [3.63, 3.8) is 0 Å². The Bertz CT molecular complexity index is 233. The summed E-state index contributed by atoms with van der Waals surface area (Å²) in [6.07, 6.45) is 11.4. The van der Waals surface area contributed by atoms with Crippen LogP contribution in [0.3, 0.4) is 0 Å². The maximum absolute atomic E-state index is 11.6. The zero-order chi connectivity index (χ0) is 12.5. The van der Waals surface area contributed by atoms with Gasteiger partial charge in [-0.15, -0.1) is 0 Å². The van der Waals surface area contributed by atoms with Crippen molar-refractivity contribution in [3.8, 4) is 0 Å². The standard InChI is InChI=1S/C15H26O2/c1-2-6-13-7-3-4-8-14(13)10-11-15(17)9-5-12-16/h12-14H,2-11H2,1H3. The predicted octanol–water partition coefficient (Wildman–Crippen LogP) is 3.92. The predicted molar refractivity (Wildman–Crippen MR) is 69.9 cm³/mol. The van der Waals surface area contributed by atoms with Gasteiger partial charge in [-0.25, -0.2) is 0 Å². The van der Waals surface area contributed by atoms with E-state index in [0.717, 1.165) is 24.5 Å². The van der Waals surface area contributed by atoms with Crippen molar-refractivity contribution in [3.05, 3.63) is 0 Å². The van der Waals surface area contributed by atoms with Crippen LogP contribution in [0.4, 0.5) is 0 Å². The van der Waals surface area contributed by atoms with E-state index in [1.54, 1.807) is 0 Å². The van der Waals surface area contributed by atoms with Crippen LogP contribution in [0.15, 0.2) is 0 Å². The first kappa shape index (κ1) is 14.4. The summed E-state index contributed by atoms with van der Waals surface area (Å²) in [5, 5.41) is 0. The van der Waals surface area contributed by atoms with Gasteiger partial charge >= 0.3 is 0 Å². The van der Waals surface area contributed by atoms with Gasteiger partial charge < -0.3 is 4.79 Å². The van der Waals surface area contributed by atoms with Crippen LogP contribution in [0.1, 0.15) is 71.1 Å². The van der Waals surface area contributed by atoms with E-state index in [9.17, 15) is 9.59 Å². The molecule has 0 N–H and O–H groups in total. The van der Waals surface area contributed by atoms with Crippen molar-refractivity contribution in [1.29, 1.82) is 0 Å². The van der Waals surface area contributed by atoms with Gasteiger partial charge in [0.2, 0.25) is 0 Å². The van der Waals surface area contributed by atoms with Gasteiger partial charge in [-0.3, -0.25) is 4.79 Å². The molecule has 2 nitrogen and oxygen atoms in total. The van der Waals surface area contributed by atoms with E-state index in [1.807, 2.05) is 0 Å². The molecule has 0 heterocycles. The highest BCUT2D eigenvalue weighted by Gasteiger charge is 2.24. The number of carbonyl (C=O) groups is 2. The number of carbonyl (C=O) groups excluding carboxylic acids is 2. The molecule has 1 rings (SSSR count). The van der Waals surface area contributed by atoms with Crippen LogP contribution in [-0.4, -0.2) is 12.1 Å². The van der Waals surface area contributed by atoms with Gasteiger partial charge in [0.05, 0.1) is 0 Å². The minimum atomic E-state index is 0.276. The summed E-state index contributed by atoms with van der Waals surface area (Å²) >= 11 is 0. The Morgan fingerprint density at radius 1 is 1.12 bits per heavy atom. The van der Waals surface area contributed by atoms with E-state index >= 15 is 0 Å². The zero-order valence-electron chi connectivity index (χ0n) is 11.1. The molecule has 2 atom stereocenters. The molecule has 1 saturated carbocycles. The lowest BCUT2D eigenvalue weighted by molar-refractivity contribution is -0.121. The maximum atomic E-state index is 11.6. The molecule has 0 radical (unpaired) electrons. The summed E-state index contributed by atoms with van der Waals surface area (Å²) in [4.78, 5) is 21.8. The summed E-state index contributed by atoms with van der Waals surface area (Å²) in [5.74, 6) is 1.90. The number of rotatable bonds is 8. The molecule has 17 heavy (non-hydrogen) atoms. The van der Waals surface area contributed by atoms with Crippen molar-refractivity contribution in [2.75, 3.05) is 0 Å². The third-order valence-corrected chi connectivity index (χ3v) is 4.06. The SMILES string of the molecule is CCCC1CCCCC1CCC(=O)CCC=O. The summed E-state index contributed by atoms with van der Waals surface area (Å²) in [6.45, 7) is 2.25. The molecule has 2 unspecified atom stereocenters. The van der Waals surface area contributed by atoms with Crippen LogP contribution in [0.25, 0.3) is 0 Å². The van der Waals surface area contributed by atoms with Crippen LogP contribution in [0.5, 0.6) is 0 Å². The molecule has 0 amide bonds. The van der Waals surface area contributed by atoms with Crippen molar-refractivity contribution in [2.45, 2.75) is 71.1 Å². The van der Waals surface area contributed by atoms with Crippen molar-refractivity contribution >= 4 is 12.1 Å². The molecule has 2 heteroatoms. The lowest BCUT2D eigenvalue weighted by Gasteiger charge is -2.31. The molecule has 0 bridgehead atoms. The summed E-state index contributed by atoms with van der Waals surface area (Å²) in [5.41, 5.74) is 0. The van der Waals surface area contributed by atoms with Crippen molar-refractivity contribution in [2.24, 2.45) is 11.8 Å². The number of ketones is 1. The van der Waals surface area contributed by atoms with Crippen molar-refractivity contribution in [1.82, 2.24) is 0 Å². The number of aldehydes is 1. The fraction of sp³-hybridized carbons (Fsp3) is 0.867. The van der Waals surface area contributed by atoms with E-state index in [0.29, 0.717) is 19.3 Å². The molecule has 98 valence electrons. The average Bonchev–Trinajstić information content (AvgIpc) is 2.35. The maximum Gasteiger partial charge on any atom is 0.133 e. The van der Waals surface area contributed by atoms with E-state index in [1.165, 1.54) is 38.5 Å². The van der Waals surface area contributed by atoms with Crippen molar-refractivity contribution < 1.29 is 9.59 Å². The van der Waals surface area contributed by atoms with Crippen LogP contribution in [0, 0.1) is 11.8 Å². The van der Waals surface area contributed by atoms with Gasteiger partial charge in [-0.1, -0.05) is 45.4 Å². The zero-order valence-corrected chi connectivity index (χ0v) is 11.1. The molecule has 1 fully saturated rings. The molecular formula is C15H26O2. The fourth-order valence-corrected chi connectivity index (χ4v) is 3.11. The van der Waals surface area contributed by atoms with Crippen LogP contribution in [0.2, 0.25) is 0 Å². The van der Waals surface area contributed by atoms with E-state index in [4.69, 9.17) is 0 Å². The lowest BCUT2D eigenvalue weighted by atomic mass is 9.74. The monoisotopic (exact) mass is 238 g/mol. The molecule has 0 saturated heterocycles. The molecule has 0 spiro atoms. The molecule has 0 aromatic carbocycles. The first-order chi connectivity index (χ1) is 8.27. The van der Waals surface area contributed by atoms with E-state index in [2.05, 4.69) is 6.92 Å². The quantitative estimate of drug-likeness (QED) is 0.601. The summed E-state index contributed by atoms with van der Waals surface area (Å²) < 4.78 is 0. The Morgan fingerprint density at radius 3 is 2.35 bits per heavy atom. The third-order valence-electron chi connectivity index (χ3n) is 4.06. The molecular weight excluding hydrogens is 212 g/mol. The molecule has 0 aromatic heterocycles. The first-order valence-electron chi connectivity index (χ1n) is 7.23. The number of hydrogen-bond acceptors (Lipinski definition) is 2. The highest BCUT2D eigenvalue weighted by Crippen LogP contribution is 2.36. The van der Waals surface area contributed by atoms with Gasteiger partial charge in [-0.05, 0) is 18.3 Å². The Kier molecular flexibility index (Phi) is 7.14. The minimum Gasteiger partial charge on any atom is -0.303 e. The Morgan fingerprint density at radius 2 is 1.76 bits per heavy atom. The highest BCUT2D eigenvalue weighted by molar-refractivity contribution is 5.80. The Hall–Kier alpha value is -0.660. The van der Waals surface area contributed by atoms with Gasteiger partial charge in [-0.2, -0.15) is 0 Å². The lowest BCUT2D eigenvalue weighted by Crippen LogP contribution is -2.20. The fourth-order valence-electron chi connectivity index (χ4n) is 3.11. The second-order valence-electron chi connectivity index (χ2n) is 5.38. The Balaban J connectivity index is 2.27. The van der Waals surface area contributed by atoms with Gasteiger partial charge in [0.15, 0.2) is 0 Å². The number of hydrogen-bond donors (Lipinski definition) is 0. The molecule has 1 aliphatic rings. The van der Waals surface area contributed by atoms with Gasteiger partial charge in [0.25, 0.3) is 0 Å². The van der Waals surface area contributed by atoms with Crippen LogP contribution in [-0.2, 0) is 9.59 Å². The average molecular weight is 238 g/mol. The topological polar surface area (TPSA) is 34.1 Å². The highest BCUT2D eigenvalue weighted by atomic mass is 16.1. The molecule has 1 aliphatic carbocycles. The van der Waals surface area contributed by atoms with E-state index in [-0.39, 0.29) is 5.78 Å². The number of Topliss-reactive ketones (excluding diaryl/α,β-unsaturated/α-hetero) is 1. The Labute approximate surface area is 105 Å². The van der Waals surface area contributed by atoms with Gasteiger partial charge in [0.1, 0.15) is 12.1 Å². The van der Waals surface area contributed by atoms with Crippen LogP contribution < -0.4 is 0 Å². The van der Waals surface area contributed by atoms with Gasteiger partial charge in [0, 0.05) is 19.3 Å². The van der Waals surface area contributed by atoms with Crippen LogP contribution >= 0.6 is 0 Å². The smallest absolute Gasteiger partial charge is 0.133 e. The molecule has 0 aromatic rings. The minimum absolute atomic E-state index is 0.276. The summed E-state index contributed by atoms with van der Waals surface area (Å²) in [6, 6.07) is 0. The van der Waals surface area contributed by atoms with E-state index < -0.39 is 0 Å². The first-order valence-corrected chi connectivity index (χ1v) is 7.23. The largest absolute Gasteiger partial charge is 0.303 e. The summed E-state index contributed by atoms with van der Waals surface area (Å²) in [7, 11) is 0. The molecule has 0 aliphatic heterocycles.